The number of carbonyl (C=O) groups excluding carboxylic acids is 1. The Bertz CT molecular complexity index is 1010. The van der Waals surface area contributed by atoms with Gasteiger partial charge in [-0.25, -0.2) is 4.98 Å². The fraction of sp³-hybridized carbons (Fsp3) is 0.333. The monoisotopic (exact) mass is 493 g/mol. The van der Waals surface area contributed by atoms with E-state index in [1.165, 1.54) is 0 Å². The van der Waals surface area contributed by atoms with Gasteiger partial charge in [0.25, 0.3) is 0 Å². The molecule has 1 aromatic heterocycles. The number of hydrogen-bond donors (Lipinski definition) is 1. The third kappa shape index (κ3) is 4.44. The zero-order valence-electron chi connectivity index (χ0n) is 18.6. The predicted octanol–water partition coefficient (Wildman–Crippen LogP) is 5.91. The van der Waals surface area contributed by atoms with Gasteiger partial charge in [0.2, 0.25) is 5.91 Å². The summed E-state index contributed by atoms with van der Waals surface area (Å²) in [7, 11) is 0. The number of nitrogens with two attached hydrogens (primary N) is 1. The number of imidazole rings is 1. The van der Waals surface area contributed by atoms with Gasteiger partial charge >= 0.3 is 0 Å². The van der Waals surface area contributed by atoms with Crippen LogP contribution in [0.1, 0.15) is 49.1 Å². The average Bonchev–Trinajstić information content (AvgIpc) is 3.43. The molecule has 0 spiro atoms. The van der Waals surface area contributed by atoms with E-state index < -0.39 is 5.41 Å². The molecule has 5 heteroatoms. The first-order valence-electron chi connectivity index (χ1n) is 11.1. The van der Waals surface area contributed by atoms with Crippen LogP contribution in [0, 0.1) is 18.8 Å². The molecule has 1 aliphatic rings. The molecule has 1 aliphatic carbocycles. The summed E-state index contributed by atoms with van der Waals surface area (Å²) in [5.74, 6) is 1.45. The Morgan fingerprint density at radius 2 is 1.69 bits per heavy atom. The normalized spacial score (nSPS) is 18.2. The lowest BCUT2D eigenvalue weighted by atomic mass is 9.64. The maximum absolute atomic E-state index is 13.2. The minimum absolute atomic E-state index is 0. The first-order valence-corrected chi connectivity index (χ1v) is 11.1. The highest BCUT2D eigenvalue weighted by atomic mass is 79.9. The summed E-state index contributed by atoms with van der Waals surface area (Å²) in [5, 5.41) is 0. The molecule has 1 amide bonds. The lowest BCUT2D eigenvalue weighted by Crippen LogP contribution is -2.47. The number of aromatic nitrogens is 2. The maximum Gasteiger partial charge on any atom is 0.232 e. The molecular formula is C27H32BrN3O. The number of allylic oxidation sites excluding steroid dienone is 1. The van der Waals surface area contributed by atoms with Crippen molar-refractivity contribution in [1.29, 1.82) is 0 Å². The van der Waals surface area contributed by atoms with Crippen LogP contribution in [0.2, 0.25) is 0 Å². The van der Waals surface area contributed by atoms with Crippen LogP contribution >= 0.6 is 17.0 Å². The summed E-state index contributed by atoms with van der Waals surface area (Å²) < 4.78 is 2.06. The van der Waals surface area contributed by atoms with Crippen molar-refractivity contribution < 1.29 is 4.79 Å². The van der Waals surface area contributed by atoms with Gasteiger partial charge in [0, 0.05) is 18.1 Å². The Kier molecular flexibility index (Phi) is 7.73. The molecule has 4 nitrogen and oxygen atoms in total. The molecule has 32 heavy (non-hydrogen) atoms. The van der Waals surface area contributed by atoms with Crippen molar-refractivity contribution in [2.24, 2.45) is 17.6 Å². The van der Waals surface area contributed by atoms with E-state index in [1.807, 2.05) is 55.7 Å². The summed E-state index contributed by atoms with van der Waals surface area (Å²) in [6.07, 6.45) is 8.86. The fourth-order valence-corrected chi connectivity index (χ4v) is 5.46. The van der Waals surface area contributed by atoms with Gasteiger partial charge in [0.1, 0.15) is 11.2 Å². The summed E-state index contributed by atoms with van der Waals surface area (Å²) in [6.45, 7) is 6.26. The van der Waals surface area contributed by atoms with E-state index in [9.17, 15) is 4.79 Å². The molecule has 0 saturated heterocycles. The van der Waals surface area contributed by atoms with Gasteiger partial charge in [-0.2, -0.15) is 0 Å². The van der Waals surface area contributed by atoms with Gasteiger partial charge in [-0.1, -0.05) is 73.7 Å². The summed E-state index contributed by atoms with van der Waals surface area (Å²) in [4.78, 5) is 17.5. The first-order chi connectivity index (χ1) is 15.0. The largest absolute Gasteiger partial charge is 0.369 e. The second-order valence-electron chi connectivity index (χ2n) is 8.73. The van der Waals surface area contributed by atoms with E-state index in [1.54, 1.807) is 0 Å². The lowest BCUT2D eigenvalue weighted by molar-refractivity contribution is -0.123. The number of hydrogen-bond acceptors (Lipinski definition) is 2. The Morgan fingerprint density at radius 1 is 1.09 bits per heavy atom. The van der Waals surface area contributed by atoms with Gasteiger partial charge in [0.05, 0.1) is 0 Å². The number of rotatable bonds is 8. The number of amides is 1. The topological polar surface area (TPSA) is 60.9 Å². The molecule has 168 valence electrons. The molecule has 2 atom stereocenters. The minimum atomic E-state index is -0.796. The van der Waals surface area contributed by atoms with Crippen molar-refractivity contribution in [1.82, 2.24) is 9.55 Å². The fourth-order valence-electron chi connectivity index (χ4n) is 5.46. The molecular weight excluding hydrogens is 462 g/mol. The van der Waals surface area contributed by atoms with Crippen LogP contribution in [-0.4, -0.2) is 15.5 Å². The van der Waals surface area contributed by atoms with E-state index in [-0.39, 0.29) is 28.8 Å². The van der Waals surface area contributed by atoms with Crippen LogP contribution in [0.4, 0.5) is 0 Å². The summed E-state index contributed by atoms with van der Waals surface area (Å²) >= 11 is 0. The van der Waals surface area contributed by atoms with Gasteiger partial charge in [-0.05, 0) is 55.6 Å². The Balaban J connectivity index is 0.00000289. The molecule has 0 unspecified atom stereocenters. The van der Waals surface area contributed by atoms with E-state index in [2.05, 4.69) is 40.4 Å². The third-order valence-electron chi connectivity index (χ3n) is 7.01. The predicted molar refractivity (Wildman–Crippen MR) is 136 cm³/mol. The standard InChI is InChI=1S/C27H31N3O.BrH/c1-20(30-18-17-29-21(30)2)13-14-22-15-16-25(19-22)27(26(28)31,23-9-5-3-6-10-23)24-11-7-4-8-12-24;/h3-12,17-18,22,25H,1,13-16,19H2,2H3,(H2,28,31);1H/t22-,25-;/m1./s1. The highest BCUT2D eigenvalue weighted by molar-refractivity contribution is 8.93. The number of aryl methyl sites for hydroxylation is 1. The Labute approximate surface area is 201 Å². The Hall–Kier alpha value is -2.66. The average molecular weight is 494 g/mol. The van der Waals surface area contributed by atoms with Gasteiger partial charge in [-0.3, -0.25) is 4.79 Å². The smallest absolute Gasteiger partial charge is 0.232 e. The lowest BCUT2D eigenvalue weighted by Gasteiger charge is -2.38. The van der Waals surface area contributed by atoms with Crippen LogP contribution < -0.4 is 5.73 Å². The second kappa shape index (κ2) is 10.3. The molecule has 3 aromatic rings. The number of halogens is 1. The summed E-state index contributed by atoms with van der Waals surface area (Å²) in [6, 6.07) is 20.2. The van der Waals surface area contributed by atoms with Crippen LogP contribution in [-0.2, 0) is 10.2 Å². The molecule has 0 radical (unpaired) electrons. The molecule has 0 bridgehead atoms. The second-order valence-corrected chi connectivity index (χ2v) is 8.73. The van der Waals surface area contributed by atoms with Crippen molar-refractivity contribution in [2.45, 2.75) is 44.4 Å². The van der Waals surface area contributed by atoms with Gasteiger partial charge in [0.15, 0.2) is 0 Å². The zero-order valence-corrected chi connectivity index (χ0v) is 20.3. The van der Waals surface area contributed by atoms with Crippen molar-refractivity contribution >= 4 is 28.6 Å². The SMILES string of the molecule is Br.C=C(CC[C@@H]1CC[C@@H](C(C(N)=O)(c2ccccc2)c2ccccc2)C1)n1ccnc1C. The van der Waals surface area contributed by atoms with Crippen molar-refractivity contribution in [3.63, 3.8) is 0 Å². The molecule has 2 N–H and O–H groups in total. The molecule has 1 fully saturated rings. The number of benzene rings is 2. The number of primary amides is 1. The van der Waals surface area contributed by atoms with Crippen molar-refractivity contribution in [3.8, 4) is 0 Å². The molecule has 4 rings (SSSR count). The molecule has 2 aromatic carbocycles. The first kappa shape index (κ1) is 24.0. The number of carbonyl (C=O) groups is 1. The highest BCUT2D eigenvalue weighted by Gasteiger charge is 2.49. The molecule has 1 heterocycles. The van der Waals surface area contributed by atoms with Crippen LogP contribution in [0.25, 0.3) is 5.70 Å². The highest BCUT2D eigenvalue weighted by Crippen LogP contribution is 2.49. The van der Waals surface area contributed by atoms with Crippen molar-refractivity contribution in [2.75, 3.05) is 0 Å². The maximum atomic E-state index is 13.2. The van der Waals surface area contributed by atoms with Crippen LogP contribution in [0.3, 0.4) is 0 Å². The van der Waals surface area contributed by atoms with E-state index in [4.69, 9.17) is 5.73 Å². The Morgan fingerprint density at radius 3 is 2.19 bits per heavy atom. The molecule has 0 aliphatic heterocycles. The molecule has 1 saturated carbocycles. The number of nitrogens with zero attached hydrogens (tertiary/aromatic N) is 2. The van der Waals surface area contributed by atoms with E-state index in [0.717, 1.165) is 54.8 Å². The van der Waals surface area contributed by atoms with Crippen molar-refractivity contribution in [3.05, 3.63) is 96.6 Å². The minimum Gasteiger partial charge on any atom is -0.369 e. The summed E-state index contributed by atoms with van der Waals surface area (Å²) in [5.41, 5.74) is 8.47. The third-order valence-corrected chi connectivity index (χ3v) is 7.01. The zero-order chi connectivity index (χ0) is 21.8. The van der Waals surface area contributed by atoms with Gasteiger partial charge in [-0.15, -0.1) is 17.0 Å². The van der Waals surface area contributed by atoms with E-state index in [0.29, 0.717) is 5.92 Å². The van der Waals surface area contributed by atoms with Crippen LogP contribution in [0.5, 0.6) is 0 Å². The van der Waals surface area contributed by atoms with Crippen LogP contribution in [0.15, 0.2) is 79.6 Å². The van der Waals surface area contributed by atoms with E-state index >= 15 is 0 Å². The quantitative estimate of drug-likeness (QED) is 0.423. The van der Waals surface area contributed by atoms with Gasteiger partial charge < -0.3 is 10.3 Å².